The molecule has 4 nitrogen and oxygen atoms in total. The van der Waals surface area contributed by atoms with E-state index in [1.54, 1.807) is 12.1 Å². The fourth-order valence-corrected chi connectivity index (χ4v) is 2.14. The highest BCUT2D eigenvalue weighted by molar-refractivity contribution is 9.11. The molecule has 0 aliphatic carbocycles. The van der Waals surface area contributed by atoms with Crippen LogP contribution in [0, 0.1) is 28.5 Å². The SMILES string of the molecule is N#CC(C#N)=NNc1c(Br)cc(F)cc1Br. The number of anilines is 1. The highest BCUT2D eigenvalue weighted by Gasteiger charge is 2.07. The first-order chi connectivity index (χ1) is 7.58. The zero-order chi connectivity index (χ0) is 12.1. The molecule has 0 heterocycles. The van der Waals surface area contributed by atoms with Gasteiger partial charge >= 0.3 is 0 Å². The number of nitrogens with zero attached hydrogens (tertiary/aromatic N) is 3. The van der Waals surface area contributed by atoms with Gasteiger partial charge in [0.25, 0.3) is 0 Å². The minimum atomic E-state index is -0.422. The first-order valence-corrected chi connectivity index (χ1v) is 5.45. The molecule has 1 N–H and O–H groups in total. The maximum Gasteiger partial charge on any atom is 0.237 e. The van der Waals surface area contributed by atoms with Crippen LogP contribution < -0.4 is 5.43 Å². The molecular weight excluding hydrogens is 343 g/mol. The Hall–Kier alpha value is -1.44. The number of benzene rings is 1. The summed E-state index contributed by atoms with van der Waals surface area (Å²) in [6, 6.07) is 5.66. The lowest BCUT2D eigenvalue weighted by Gasteiger charge is -2.06. The van der Waals surface area contributed by atoms with Gasteiger partial charge in [0.05, 0.1) is 5.69 Å². The van der Waals surface area contributed by atoms with Crippen LogP contribution in [0.1, 0.15) is 0 Å². The molecule has 0 radical (unpaired) electrons. The van der Waals surface area contributed by atoms with Crippen LogP contribution in [-0.4, -0.2) is 5.71 Å². The summed E-state index contributed by atoms with van der Waals surface area (Å²) in [6.45, 7) is 0. The van der Waals surface area contributed by atoms with E-state index in [4.69, 9.17) is 10.5 Å². The van der Waals surface area contributed by atoms with Crippen LogP contribution in [0.5, 0.6) is 0 Å². The molecule has 0 saturated heterocycles. The van der Waals surface area contributed by atoms with E-state index in [-0.39, 0.29) is 5.71 Å². The Morgan fingerprint density at radius 3 is 2.19 bits per heavy atom. The molecule has 1 aromatic carbocycles. The van der Waals surface area contributed by atoms with Crippen LogP contribution in [0.25, 0.3) is 0 Å². The average Bonchev–Trinajstić information content (AvgIpc) is 2.22. The van der Waals surface area contributed by atoms with Gasteiger partial charge in [-0.1, -0.05) is 0 Å². The maximum atomic E-state index is 12.9. The fourth-order valence-electron chi connectivity index (χ4n) is 0.836. The number of nitrogens with one attached hydrogen (secondary N) is 1. The van der Waals surface area contributed by atoms with Gasteiger partial charge in [0, 0.05) is 8.95 Å². The molecule has 1 rings (SSSR count). The molecule has 0 atom stereocenters. The van der Waals surface area contributed by atoms with E-state index in [2.05, 4.69) is 42.4 Å². The van der Waals surface area contributed by atoms with Gasteiger partial charge in [0.15, 0.2) is 0 Å². The zero-order valence-electron chi connectivity index (χ0n) is 7.63. The minimum Gasteiger partial charge on any atom is -0.274 e. The number of hydrogen-bond donors (Lipinski definition) is 1. The van der Waals surface area contributed by atoms with Crippen molar-refractivity contribution in [3.8, 4) is 12.1 Å². The van der Waals surface area contributed by atoms with E-state index < -0.39 is 5.82 Å². The van der Waals surface area contributed by atoms with Gasteiger partial charge in [0.2, 0.25) is 5.71 Å². The third-order valence-corrected chi connectivity index (χ3v) is 2.75. The Balaban J connectivity index is 3.05. The highest BCUT2D eigenvalue weighted by Crippen LogP contribution is 2.31. The molecule has 1 aromatic rings. The third kappa shape index (κ3) is 3.02. The molecule has 7 heteroatoms. The highest BCUT2D eigenvalue weighted by atomic mass is 79.9. The Morgan fingerprint density at radius 1 is 1.25 bits per heavy atom. The van der Waals surface area contributed by atoms with Gasteiger partial charge in [-0.15, -0.1) is 0 Å². The molecule has 0 amide bonds. The topological polar surface area (TPSA) is 72.0 Å². The quantitative estimate of drug-likeness (QED) is 0.661. The normalized spacial score (nSPS) is 8.81. The van der Waals surface area contributed by atoms with Gasteiger partial charge in [-0.3, -0.25) is 5.43 Å². The second-order valence-corrected chi connectivity index (χ2v) is 4.25. The van der Waals surface area contributed by atoms with Crippen molar-refractivity contribution in [2.75, 3.05) is 5.43 Å². The lowest BCUT2D eigenvalue weighted by molar-refractivity contribution is 0.626. The van der Waals surface area contributed by atoms with Gasteiger partial charge < -0.3 is 0 Å². The van der Waals surface area contributed by atoms with Gasteiger partial charge in [-0.25, -0.2) is 4.39 Å². The third-order valence-electron chi connectivity index (χ3n) is 1.50. The summed E-state index contributed by atoms with van der Waals surface area (Å²) >= 11 is 6.25. The van der Waals surface area contributed by atoms with Crippen molar-refractivity contribution in [1.29, 1.82) is 10.5 Å². The van der Waals surface area contributed by atoms with Crippen molar-refractivity contribution in [3.05, 3.63) is 26.9 Å². The molecule has 0 bridgehead atoms. The van der Waals surface area contributed by atoms with Crippen molar-refractivity contribution in [3.63, 3.8) is 0 Å². The molecule has 16 heavy (non-hydrogen) atoms. The number of rotatable bonds is 2. The first kappa shape index (κ1) is 12.6. The maximum absolute atomic E-state index is 12.9. The molecule has 0 unspecified atom stereocenters. The summed E-state index contributed by atoms with van der Waals surface area (Å²) in [6.07, 6.45) is 0. The van der Waals surface area contributed by atoms with E-state index in [9.17, 15) is 4.39 Å². The second-order valence-electron chi connectivity index (χ2n) is 2.54. The number of hydrazone groups is 1. The van der Waals surface area contributed by atoms with Crippen LogP contribution in [0.2, 0.25) is 0 Å². The van der Waals surface area contributed by atoms with E-state index in [1.165, 1.54) is 12.1 Å². The summed E-state index contributed by atoms with van der Waals surface area (Å²) in [5.41, 5.74) is 2.61. The van der Waals surface area contributed by atoms with Crippen molar-refractivity contribution in [2.24, 2.45) is 5.10 Å². The first-order valence-electron chi connectivity index (χ1n) is 3.87. The van der Waals surface area contributed by atoms with Gasteiger partial charge in [-0.2, -0.15) is 15.6 Å². The van der Waals surface area contributed by atoms with Crippen LogP contribution >= 0.6 is 31.9 Å². The summed E-state index contributed by atoms with van der Waals surface area (Å²) in [7, 11) is 0. The Morgan fingerprint density at radius 2 is 1.75 bits per heavy atom. The van der Waals surface area contributed by atoms with E-state index >= 15 is 0 Å². The average molecular weight is 346 g/mol. The standard InChI is InChI=1S/C9H3Br2FN4/c10-7-1-5(12)2-8(11)9(7)16-15-6(3-13)4-14/h1-2,16H. The molecule has 0 saturated carbocycles. The monoisotopic (exact) mass is 344 g/mol. The number of hydrogen-bond acceptors (Lipinski definition) is 4. The van der Waals surface area contributed by atoms with E-state index in [0.717, 1.165) is 0 Å². The minimum absolute atomic E-state index is 0.317. The molecule has 0 aliphatic rings. The molecule has 0 aliphatic heterocycles. The van der Waals surface area contributed by atoms with Crippen LogP contribution in [0.4, 0.5) is 10.1 Å². The molecule has 0 fully saturated rings. The van der Waals surface area contributed by atoms with E-state index in [1.807, 2.05) is 0 Å². The lowest BCUT2D eigenvalue weighted by atomic mass is 10.3. The fraction of sp³-hybridized carbons (Fsp3) is 0. The van der Waals surface area contributed by atoms with Gasteiger partial charge in [-0.05, 0) is 44.0 Å². The lowest BCUT2D eigenvalue weighted by Crippen LogP contribution is -1.98. The van der Waals surface area contributed by atoms with Crippen molar-refractivity contribution >= 4 is 43.3 Å². The second kappa shape index (κ2) is 5.59. The van der Waals surface area contributed by atoms with Gasteiger partial charge in [0.1, 0.15) is 18.0 Å². The van der Waals surface area contributed by atoms with Crippen molar-refractivity contribution < 1.29 is 4.39 Å². The van der Waals surface area contributed by atoms with Crippen LogP contribution in [-0.2, 0) is 0 Å². The molecular formula is C9H3Br2FN4. The zero-order valence-corrected chi connectivity index (χ0v) is 10.8. The molecule has 0 aromatic heterocycles. The smallest absolute Gasteiger partial charge is 0.237 e. The van der Waals surface area contributed by atoms with Crippen molar-refractivity contribution in [2.45, 2.75) is 0 Å². The Labute approximate surface area is 108 Å². The molecule has 80 valence electrons. The summed E-state index contributed by atoms with van der Waals surface area (Å²) in [5, 5.41) is 20.5. The van der Waals surface area contributed by atoms with Crippen molar-refractivity contribution in [1.82, 2.24) is 0 Å². The largest absolute Gasteiger partial charge is 0.274 e. The Bertz CT molecular complexity index is 488. The van der Waals surface area contributed by atoms with E-state index in [0.29, 0.717) is 14.6 Å². The number of nitriles is 2. The molecule has 0 spiro atoms. The summed E-state index contributed by atoms with van der Waals surface area (Å²) < 4.78 is 13.8. The van der Waals surface area contributed by atoms with Crippen LogP contribution in [0.15, 0.2) is 26.2 Å². The summed E-state index contributed by atoms with van der Waals surface area (Å²) in [4.78, 5) is 0. The predicted octanol–water partition coefficient (Wildman–Crippen LogP) is 3.17. The Kier molecular flexibility index (Phi) is 4.41. The number of halogens is 3. The predicted molar refractivity (Wildman–Crippen MR) is 64.1 cm³/mol. The van der Waals surface area contributed by atoms with Crippen LogP contribution in [0.3, 0.4) is 0 Å². The summed E-state index contributed by atoms with van der Waals surface area (Å²) in [5.74, 6) is -0.422.